The van der Waals surface area contributed by atoms with Crippen LogP contribution in [0.3, 0.4) is 0 Å². The highest BCUT2D eigenvalue weighted by Crippen LogP contribution is 2.35. The van der Waals surface area contributed by atoms with Crippen molar-refractivity contribution in [1.82, 2.24) is 45.8 Å². The molecule has 428 valence electrons. The highest BCUT2D eigenvalue weighted by molar-refractivity contribution is 7.13. The number of carbonyl (C=O) groups excluding carboxylic acids is 2. The summed E-state index contributed by atoms with van der Waals surface area (Å²) in [6, 6.07) is 23.4. The molecule has 2 amide bonds. The van der Waals surface area contributed by atoms with Crippen molar-refractivity contribution in [3.63, 3.8) is 0 Å². The smallest absolute Gasteiger partial charge is 0.243 e. The van der Waals surface area contributed by atoms with Gasteiger partial charge in [-0.1, -0.05) is 75.3 Å². The lowest BCUT2D eigenvalue weighted by Gasteiger charge is -2.33. The molecule has 7 heterocycles. The quantitative estimate of drug-likeness (QED) is 0.0315. The van der Waals surface area contributed by atoms with Gasteiger partial charge in [0.15, 0.2) is 0 Å². The number of aliphatic hydroxyl groups is 1. The largest absolute Gasteiger partial charge is 0.491 e. The molecule has 3 aromatic carbocycles. The van der Waals surface area contributed by atoms with E-state index in [1.54, 1.807) is 24.3 Å². The van der Waals surface area contributed by atoms with Crippen LogP contribution in [0.25, 0.3) is 32.5 Å². The summed E-state index contributed by atoms with van der Waals surface area (Å²) < 4.78 is 32.0. The molecule has 3 aliphatic heterocycles. The average Bonchev–Trinajstić information content (AvgIpc) is 4.51. The van der Waals surface area contributed by atoms with E-state index < -0.39 is 24.4 Å². The number of pyridine rings is 1. The van der Waals surface area contributed by atoms with Crippen LogP contribution in [0.1, 0.15) is 92.6 Å². The van der Waals surface area contributed by atoms with Crippen LogP contribution in [0.4, 0.5) is 11.5 Å². The van der Waals surface area contributed by atoms with Crippen LogP contribution in [0.5, 0.6) is 5.75 Å². The number of aryl methyl sites for hydroxylation is 2. The minimum atomic E-state index is -0.852. The van der Waals surface area contributed by atoms with Gasteiger partial charge < -0.3 is 60.1 Å². The molecule has 2 fully saturated rings. The van der Waals surface area contributed by atoms with Crippen molar-refractivity contribution in [3.8, 4) is 27.4 Å². The summed E-state index contributed by atoms with van der Waals surface area (Å²) in [7, 11) is 0. The van der Waals surface area contributed by atoms with E-state index in [4.69, 9.17) is 38.5 Å². The van der Waals surface area contributed by atoms with Gasteiger partial charge in [-0.15, -0.1) is 11.3 Å². The lowest BCUT2D eigenvalue weighted by Crippen LogP contribution is -2.53. The maximum atomic E-state index is 14.0. The van der Waals surface area contributed by atoms with Gasteiger partial charge in [-0.25, -0.2) is 9.98 Å². The molecule has 2 saturated heterocycles. The summed E-state index contributed by atoms with van der Waals surface area (Å²) in [6.07, 6.45) is 4.79. The summed E-state index contributed by atoms with van der Waals surface area (Å²) >= 11 is 1.54. The first-order chi connectivity index (χ1) is 39.4. The molecule has 10 rings (SSSR count). The van der Waals surface area contributed by atoms with Crippen molar-refractivity contribution < 1.29 is 38.2 Å². The van der Waals surface area contributed by atoms with Gasteiger partial charge in [0, 0.05) is 72.6 Å². The van der Waals surface area contributed by atoms with Crippen LogP contribution in [0, 0.1) is 19.8 Å². The van der Waals surface area contributed by atoms with E-state index in [2.05, 4.69) is 80.9 Å². The molecular formula is C60H74N12O8S. The highest BCUT2D eigenvalue weighted by atomic mass is 32.1. The number of rotatable bonds is 24. The number of carbonyl (C=O) groups is 2. The zero-order chi connectivity index (χ0) is 56.4. The number of benzene rings is 3. The first-order valence-corrected chi connectivity index (χ1v) is 29.0. The molecule has 4 aromatic heterocycles. The predicted octanol–water partition coefficient (Wildman–Crippen LogP) is 7.96. The number of hydrogen-bond acceptors (Lipinski definition) is 17. The van der Waals surface area contributed by atoms with Crippen molar-refractivity contribution in [2.24, 2.45) is 10.9 Å². The Hall–Kier alpha value is -7.27. The first-order valence-electron chi connectivity index (χ1n) is 28.1. The van der Waals surface area contributed by atoms with Crippen LogP contribution >= 0.6 is 11.3 Å². The van der Waals surface area contributed by atoms with Crippen LogP contribution < -0.4 is 31.3 Å². The molecule has 0 saturated carbocycles. The molecule has 3 unspecified atom stereocenters. The summed E-state index contributed by atoms with van der Waals surface area (Å²) in [4.78, 5) is 44.7. The van der Waals surface area contributed by atoms with Gasteiger partial charge in [0.25, 0.3) is 0 Å². The molecular weight excluding hydrogens is 1050 g/mol. The van der Waals surface area contributed by atoms with Crippen LogP contribution in [-0.4, -0.2) is 137 Å². The van der Waals surface area contributed by atoms with Gasteiger partial charge in [-0.3, -0.25) is 14.6 Å². The normalized spacial score (nSPS) is 19.0. The molecule has 81 heavy (non-hydrogen) atoms. The van der Waals surface area contributed by atoms with Gasteiger partial charge in [0.2, 0.25) is 24.1 Å². The number of fused-ring (bicyclic) bond motifs is 2. The number of nitrogens with zero attached hydrogens (tertiary/aromatic N) is 7. The Kier molecular flexibility index (Phi) is 18.7. The molecule has 20 nitrogen and oxygen atoms in total. The van der Waals surface area contributed by atoms with Crippen LogP contribution in [-0.2, 0) is 36.9 Å². The molecule has 0 radical (unpaired) electrons. The van der Waals surface area contributed by atoms with Crippen LogP contribution in [0.15, 0.2) is 100 Å². The Morgan fingerprint density at radius 2 is 1.79 bits per heavy atom. The van der Waals surface area contributed by atoms with Crippen molar-refractivity contribution in [1.29, 1.82) is 0 Å². The van der Waals surface area contributed by atoms with Crippen molar-refractivity contribution in [3.05, 3.63) is 125 Å². The Balaban J connectivity index is 0.695. The minimum Gasteiger partial charge on any atom is -0.491 e. The third-order valence-electron chi connectivity index (χ3n) is 14.9. The molecule has 0 spiro atoms. The molecule has 5 atom stereocenters. The topological polar surface area (TPSA) is 237 Å². The molecule has 6 N–H and O–H groups in total. The number of hydrogen-bond donors (Lipinski definition) is 6. The maximum Gasteiger partial charge on any atom is 0.243 e. The van der Waals surface area contributed by atoms with E-state index in [1.807, 2.05) is 79.8 Å². The third-order valence-corrected chi connectivity index (χ3v) is 15.9. The minimum absolute atomic E-state index is 0.0516. The fourth-order valence-electron chi connectivity index (χ4n) is 10.7. The number of aliphatic imine (C=N–C) groups is 1. The number of amides is 2. The Morgan fingerprint density at radius 1 is 0.951 bits per heavy atom. The van der Waals surface area contributed by atoms with Gasteiger partial charge in [0.05, 0.1) is 78.8 Å². The summed E-state index contributed by atoms with van der Waals surface area (Å²) in [5.41, 5.74) is 10.1. The number of aromatic nitrogens is 5. The second kappa shape index (κ2) is 26.5. The highest BCUT2D eigenvalue weighted by Gasteiger charge is 2.43. The number of aliphatic hydroxyl groups excluding tert-OH is 1. The summed E-state index contributed by atoms with van der Waals surface area (Å²) in [6.45, 7) is 16.8. The van der Waals surface area contributed by atoms with E-state index in [0.29, 0.717) is 62.7 Å². The van der Waals surface area contributed by atoms with Gasteiger partial charge in [-0.05, 0) is 85.8 Å². The van der Waals surface area contributed by atoms with Gasteiger partial charge in [0.1, 0.15) is 35.9 Å². The zero-order valence-electron chi connectivity index (χ0n) is 46.9. The molecule has 0 aliphatic carbocycles. The van der Waals surface area contributed by atoms with Crippen molar-refractivity contribution >= 4 is 51.4 Å². The zero-order valence-corrected chi connectivity index (χ0v) is 47.8. The second-order valence-electron chi connectivity index (χ2n) is 21.5. The van der Waals surface area contributed by atoms with Gasteiger partial charge in [-0.2, -0.15) is 9.78 Å². The van der Waals surface area contributed by atoms with E-state index >= 15 is 0 Å². The fraction of sp³-hybridized carbons (Fsp3) is 0.450. The lowest BCUT2D eigenvalue weighted by molar-refractivity contribution is -0.141. The van der Waals surface area contributed by atoms with Crippen LogP contribution in [0.2, 0.25) is 0 Å². The van der Waals surface area contributed by atoms with E-state index in [0.717, 1.165) is 92.3 Å². The number of anilines is 2. The number of nitrogens with one attached hydrogen (secondary N) is 5. The van der Waals surface area contributed by atoms with E-state index in [9.17, 15) is 14.7 Å². The Morgan fingerprint density at radius 3 is 2.57 bits per heavy atom. The molecule has 0 bridgehead atoms. The van der Waals surface area contributed by atoms with E-state index in [-0.39, 0.29) is 55.9 Å². The standard InChI is InChI=1S/C60H74N12O8S/c1-36(2)49-33-67-72-56(49)68-60(79-46-11-9-18-61-32-46)69-59(72)65-30-42-10-7-8-12-47(42)54-48-16-15-44(27-40(48)17-19-63-54)62-20-21-76-22-23-77-24-25-78-51-28-41(55-39(6)66-35-81-55)13-14-43(51)31-64-57(74)50-29-45(73)34-71(50)58(75)53(37(3)4)52-26-38(5)70-80-52/h7-8,10,12-17,19,26-28,33,35-37,45-46,50,53,60-62,68,73H,9,11,18,20-25,29-32,34H2,1-6H3,(H,64,74)(H,65,69)/t45-,46-,50?,53?,60?/m1/s1. The molecule has 7 aromatic rings. The lowest BCUT2D eigenvalue weighted by atomic mass is 9.91. The number of piperidine rings is 1. The fourth-order valence-corrected chi connectivity index (χ4v) is 11.5. The summed E-state index contributed by atoms with van der Waals surface area (Å²) in [5, 5.41) is 38.4. The Bertz CT molecular complexity index is 3300. The Labute approximate surface area is 476 Å². The maximum absolute atomic E-state index is 14.0. The number of thiazole rings is 1. The van der Waals surface area contributed by atoms with Crippen molar-refractivity contribution in [2.75, 3.05) is 69.8 Å². The molecule has 3 aliphatic rings. The van der Waals surface area contributed by atoms with Gasteiger partial charge >= 0.3 is 0 Å². The SMILES string of the molecule is Cc1cc(C(C(=O)N2C[C@H](O)CC2C(=O)NCc2ccc(-c3scnc3C)cc2OCCOCCOCCNc2ccc3c(-c4ccccc4CN=C4NC(O[C@@H]5CCCNC5)Nc5c(C(C)C)cnn54)nccc3c2)C(C)C)on1. The summed E-state index contributed by atoms with van der Waals surface area (Å²) in [5.74, 6) is 1.42. The monoisotopic (exact) mass is 1120 g/mol. The number of likely N-dealkylation sites (tertiary alicyclic amines) is 1. The third kappa shape index (κ3) is 13.7. The van der Waals surface area contributed by atoms with E-state index in [1.165, 1.54) is 4.90 Å². The predicted molar refractivity (Wildman–Crippen MR) is 312 cm³/mol. The number of β-amino-alcohol motifs (C(OH)–C–C–N with tert-alkyl or cyclic N) is 1. The van der Waals surface area contributed by atoms with Crippen molar-refractivity contribution in [2.45, 2.75) is 110 Å². The molecule has 21 heteroatoms. The second-order valence-corrected chi connectivity index (χ2v) is 22.3. The number of ether oxygens (including phenoxy) is 4. The average molecular weight is 1120 g/mol. The first kappa shape index (κ1) is 57.0.